The SMILES string of the molecule is CC#CCCOc1ccc(CNCC)cc1F. The molecule has 3 heteroatoms. The van der Waals surface area contributed by atoms with E-state index in [1.54, 1.807) is 13.0 Å². The maximum Gasteiger partial charge on any atom is 0.165 e. The van der Waals surface area contributed by atoms with Crippen LogP contribution in [0.25, 0.3) is 0 Å². The molecule has 0 fully saturated rings. The minimum Gasteiger partial charge on any atom is -0.490 e. The predicted octanol–water partition coefficient (Wildman–Crippen LogP) is 2.73. The Labute approximate surface area is 102 Å². The van der Waals surface area contributed by atoms with Crippen molar-refractivity contribution in [2.45, 2.75) is 26.8 Å². The zero-order valence-electron chi connectivity index (χ0n) is 10.3. The van der Waals surface area contributed by atoms with Crippen molar-refractivity contribution in [2.24, 2.45) is 0 Å². The van der Waals surface area contributed by atoms with E-state index in [9.17, 15) is 4.39 Å². The number of hydrogen-bond acceptors (Lipinski definition) is 2. The molecular formula is C14H18FNO. The Morgan fingerprint density at radius 2 is 2.24 bits per heavy atom. The Bertz CT molecular complexity index is 406. The third kappa shape index (κ3) is 4.88. The van der Waals surface area contributed by atoms with E-state index in [0.29, 0.717) is 25.3 Å². The van der Waals surface area contributed by atoms with Gasteiger partial charge < -0.3 is 10.1 Å². The maximum absolute atomic E-state index is 13.6. The molecule has 0 atom stereocenters. The second kappa shape index (κ2) is 7.70. The van der Waals surface area contributed by atoms with Crippen LogP contribution in [-0.4, -0.2) is 13.2 Å². The van der Waals surface area contributed by atoms with E-state index in [-0.39, 0.29) is 5.82 Å². The Balaban J connectivity index is 2.52. The van der Waals surface area contributed by atoms with Gasteiger partial charge in [-0.25, -0.2) is 4.39 Å². The van der Waals surface area contributed by atoms with Gasteiger partial charge in [-0.3, -0.25) is 0 Å². The maximum atomic E-state index is 13.6. The molecule has 92 valence electrons. The summed E-state index contributed by atoms with van der Waals surface area (Å²) in [6.07, 6.45) is 0.620. The highest BCUT2D eigenvalue weighted by Crippen LogP contribution is 2.18. The molecule has 0 aromatic heterocycles. The van der Waals surface area contributed by atoms with Crippen LogP contribution in [0.1, 0.15) is 25.8 Å². The molecule has 1 aromatic carbocycles. The molecule has 0 aliphatic carbocycles. The van der Waals surface area contributed by atoms with Gasteiger partial charge in [0, 0.05) is 13.0 Å². The summed E-state index contributed by atoms with van der Waals surface area (Å²) in [4.78, 5) is 0. The van der Waals surface area contributed by atoms with Crippen LogP contribution >= 0.6 is 0 Å². The summed E-state index contributed by atoms with van der Waals surface area (Å²) in [6.45, 7) is 5.76. The van der Waals surface area contributed by atoms with Gasteiger partial charge in [-0.15, -0.1) is 11.8 Å². The molecule has 0 spiro atoms. The minimum absolute atomic E-state index is 0.295. The Morgan fingerprint density at radius 1 is 1.41 bits per heavy atom. The van der Waals surface area contributed by atoms with Crippen molar-refractivity contribution < 1.29 is 9.13 Å². The fourth-order valence-corrected chi connectivity index (χ4v) is 1.38. The van der Waals surface area contributed by atoms with Crippen molar-refractivity contribution in [1.29, 1.82) is 0 Å². The monoisotopic (exact) mass is 235 g/mol. The summed E-state index contributed by atoms with van der Waals surface area (Å²) in [7, 11) is 0. The smallest absolute Gasteiger partial charge is 0.165 e. The average molecular weight is 235 g/mol. The highest BCUT2D eigenvalue weighted by Gasteiger charge is 2.04. The van der Waals surface area contributed by atoms with Crippen LogP contribution < -0.4 is 10.1 Å². The van der Waals surface area contributed by atoms with Gasteiger partial charge in [0.05, 0.1) is 6.61 Å². The van der Waals surface area contributed by atoms with Crippen LogP contribution in [0.4, 0.5) is 4.39 Å². The van der Waals surface area contributed by atoms with E-state index in [2.05, 4.69) is 17.2 Å². The summed E-state index contributed by atoms with van der Waals surface area (Å²) >= 11 is 0. The number of benzene rings is 1. The Hall–Kier alpha value is -1.53. The lowest BCUT2D eigenvalue weighted by Crippen LogP contribution is -2.11. The molecule has 17 heavy (non-hydrogen) atoms. The molecule has 0 amide bonds. The molecular weight excluding hydrogens is 217 g/mol. The van der Waals surface area contributed by atoms with Gasteiger partial charge in [0.2, 0.25) is 0 Å². The summed E-state index contributed by atoms with van der Waals surface area (Å²) in [5.74, 6) is 5.62. The standard InChI is InChI=1S/C14H18FNO/c1-3-5-6-9-17-14-8-7-12(10-13(14)15)11-16-4-2/h7-8,10,16H,4,6,9,11H2,1-2H3. The van der Waals surface area contributed by atoms with Crippen molar-refractivity contribution in [1.82, 2.24) is 5.32 Å². The largest absolute Gasteiger partial charge is 0.490 e. The molecule has 0 unspecified atom stereocenters. The zero-order valence-corrected chi connectivity index (χ0v) is 10.3. The summed E-state index contributed by atoms with van der Waals surface area (Å²) < 4.78 is 18.9. The molecule has 0 saturated carbocycles. The van der Waals surface area contributed by atoms with E-state index in [1.165, 1.54) is 6.07 Å². The molecule has 0 aliphatic heterocycles. The Morgan fingerprint density at radius 3 is 2.88 bits per heavy atom. The lowest BCUT2D eigenvalue weighted by atomic mass is 10.2. The van der Waals surface area contributed by atoms with Crippen LogP contribution in [0, 0.1) is 17.7 Å². The van der Waals surface area contributed by atoms with Crippen molar-refractivity contribution in [3.63, 3.8) is 0 Å². The molecule has 0 aliphatic rings. The van der Waals surface area contributed by atoms with Crippen LogP contribution in [0.2, 0.25) is 0 Å². The van der Waals surface area contributed by atoms with Gasteiger partial charge in [0.15, 0.2) is 11.6 Å². The van der Waals surface area contributed by atoms with Gasteiger partial charge in [-0.2, -0.15) is 0 Å². The predicted molar refractivity (Wildman–Crippen MR) is 67.3 cm³/mol. The Kier molecular flexibility index (Phi) is 6.13. The molecule has 0 bridgehead atoms. The summed E-state index contributed by atoms with van der Waals surface area (Å²) in [6, 6.07) is 5.04. The average Bonchev–Trinajstić information content (AvgIpc) is 2.34. The highest BCUT2D eigenvalue weighted by atomic mass is 19.1. The first-order chi connectivity index (χ1) is 8.27. The molecule has 0 saturated heterocycles. The zero-order chi connectivity index (χ0) is 12.5. The van der Waals surface area contributed by atoms with E-state index < -0.39 is 0 Å². The molecule has 1 N–H and O–H groups in total. The second-order valence-electron chi connectivity index (χ2n) is 3.57. The third-order valence-electron chi connectivity index (χ3n) is 2.24. The first kappa shape index (κ1) is 13.5. The van der Waals surface area contributed by atoms with Crippen molar-refractivity contribution in [3.05, 3.63) is 29.6 Å². The number of hydrogen-bond donors (Lipinski definition) is 1. The van der Waals surface area contributed by atoms with E-state index in [0.717, 1.165) is 12.1 Å². The first-order valence-electron chi connectivity index (χ1n) is 5.79. The fraction of sp³-hybridized carbons (Fsp3) is 0.429. The number of nitrogens with one attached hydrogen (secondary N) is 1. The van der Waals surface area contributed by atoms with Gasteiger partial charge in [-0.05, 0) is 31.2 Å². The molecule has 1 rings (SSSR count). The summed E-state index contributed by atoms with van der Waals surface area (Å²) in [5.41, 5.74) is 0.921. The minimum atomic E-state index is -0.315. The van der Waals surface area contributed by atoms with E-state index >= 15 is 0 Å². The quantitative estimate of drug-likeness (QED) is 0.604. The van der Waals surface area contributed by atoms with Gasteiger partial charge in [0.25, 0.3) is 0 Å². The number of rotatable bonds is 6. The van der Waals surface area contributed by atoms with E-state index in [1.807, 2.05) is 13.0 Å². The lowest BCUT2D eigenvalue weighted by molar-refractivity contribution is 0.309. The normalized spacial score (nSPS) is 9.59. The van der Waals surface area contributed by atoms with Gasteiger partial charge >= 0.3 is 0 Å². The van der Waals surface area contributed by atoms with Crippen LogP contribution in [-0.2, 0) is 6.54 Å². The summed E-state index contributed by atoms with van der Waals surface area (Å²) in [5, 5.41) is 3.15. The molecule has 0 radical (unpaired) electrons. The van der Waals surface area contributed by atoms with Gasteiger partial charge in [0.1, 0.15) is 0 Å². The molecule has 0 heterocycles. The van der Waals surface area contributed by atoms with Crippen LogP contribution in [0.3, 0.4) is 0 Å². The third-order valence-corrected chi connectivity index (χ3v) is 2.24. The number of halogens is 1. The fourth-order valence-electron chi connectivity index (χ4n) is 1.38. The molecule has 1 aromatic rings. The van der Waals surface area contributed by atoms with Crippen molar-refractivity contribution >= 4 is 0 Å². The highest BCUT2D eigenvalue weighted by molar-refractivity contribution is 5.29. The van der Waals surface area contributed by atoms with Crippen LogP contribution in [0.15, 0.2) is 18.2 Å². The van der Waals surface area contributed by atoms with E-state index in [4.69, 9.17) is 4.74 Å². The number of ether oxygens (including phenoxy) is 1. The van der Waals surface area contributed by atoms with Crippen molar-refractivity contribution in [2.75, 3.05) is 13.2 Å². The first-order valence-corrected chi connectivity index (χ1v) is 5.79. The second-order valence-corrected chi connectivity index (χ2v) is 3.57. The topological polar surface area (TPSA) is 21.3 Å². The van der Waals surface area contributed by atoms with Gasteiger partial charge in [-0.1, -0.05) is 13.0 Å². The molecule has 2 nitrogen and oxygen atoms in total. The lowest BCUT2D eigenvalue weighted by Gasteiger charge is -2.07. The van der Waals surface area contributed by atoms with Crippen LogP contribution in [0.5, 0.6) is 5.75 Å². The van der Waals surface area contributed by atoms with Crippen molar-refractivity contribution in [3.8, 4) is 17.6 Å².